The molecule has 0 bridgehead atoms. The van der Waals surface area contributed by atoms with Crippen molar-refractivity contribution in [3.8, 4) is 0 Å². The molecule has 3 saturated heterocycles. The van der Waals surface area contributed by atoms with E-state index < -0.39 is 10.2 Å². The number of nitrogens with zero attached hydrogens (tertiary/aromatic N) is 4. The maximum atomic E-state index is 13.0. The van der Waals surface area contributed by atoms with Crippen molar-refractivity contribution in [2.24, 2.45) is 5.92 Å². The van der Waals surface area contributed by atoms with E-state index in [0.29, 0.717) is 45.8 Å². The Morgan fingerprint density at radius 1 is 1.03 bits per heavy atom. The van der Waals surface area contributed by atoms with Gasteiger partial charge in [0.25, 0.3) is 10.2 Å². The molecule has 10 heteroatoms. The monoisotopic (exact) mass is 498 g/mol. The van der Waals surface area contributed by atoms with Gasteiger partial charge >= 0.3 is 0 Å². The van der Waals surface area contributed by atoms with E-state index >= 15 is 0 Å². The Morgan fingerprint density at radius 2 is 1.67 bits per heavy atom. The normalized spacial score (nSPS) is 24.1. The fourth-order valence-corrected chi connectivity index (χ4v) is 6.32. The van der Waals surface area contributed by atoms with Gasteiger partial charge in [0, 0.05) is 62.4 Å². The minimum Gasteiger partial charge on any atom is -0.340 e. The molecule has 1 atom stereocenters. The quantitative estimate of drug-likeness (QED) is 0.631. The van der Waals surface area contributed by atoms with Gasteiger partial charge in [0.15, 0.2) is 0 Å². The molecule has 0 radical (unpaired) electrons. The van der Waals surface area contributed by atoms with Crippen LogP contribution in [0.1, 0.15) is 24.8 Å². The highest BCUT2D eigenvalue weighted by molar-refractivity contribution is 9.10. The molecule has 1 aromatic rings. The summed E-state index contributed by atoms with van der Waals surface area (Å²) in [5.41, 5.74) is 1.84. The first kappa shape index (κ1) is 21.7. The number of hydrogen-bond acceptors (Lipinski definition) is 4. The Kier molecular flexibility index (Phi) is 6.20. The van der Waals surface area contributed by atoms with Crippen LogP contribution in [0.3, 0.4) is 0 Å². The Balaban J connectivity index is 1.36. The third-order valence-corrected chi connectivity index (χ3v) is 9.12. The minimum atomic E-state index is -3.43. The van der Waals surface area contributed by atoms with Gasteiger partial charge in [-0.1, -0.05) is 15.9 Å². The van der Waals surface area contributed by atoms with Gasteiger partial charge in [0.1, 0.15) is 0 Å². The molecule has 3 aliphatic heterocycles. The molecule has 1 unspecified atom stereocenters. The van der Waals surface area contributed by atoms with Crippen LogP contribution >= 0.6 is 15.9 Å². The number of amides is 2. The first-order valence-electron chi connectivity index (χ1n) is 10.4. The Bertz CT molecular complexity index is 940. The number of benzene rings is 1. The van der Waals surface area contributed by atoms with E-state index in [1.54, 1.807) is 9.80 Å². The maximum Gasteiger partial charge on any atom is 0.282 e. The van der Waals surface area contributed by atoms with E-state index in [4.69, 9.17) is 0 Å². The first-order valence-corrected chi connectivity index (χ1v) is 12.6. The van der Waals surface area contributed by atoms with Crippen LogP contribution in [0.4, 0.5) is 5.69 Å². The first-order chi connectivity index (χ1) is 14.3. The van der Waals surface area contributed by atoms with Gasteiger partial charge in [0.2, 0.25) is 11.8 Å². The van der Waals surface area contributed by atoms with Gasteiger partial charge in [-0.25, -0.2) is 0 Å². The zero-order valence-electron chi connectivity index (χ0n) is 17.1. The van der Waals surface area contributed by atoms with Gasteiger partial charge in [-0.3, -0.25) is 9.59 Å². The van der Waals surface area contributed by atoms with Crippen LogP contribution in [-0.4, -0.2) is 79.6 Å². The molecular formula is C20H27BrN4O4S. The van der Waals surface area contributed by atoms with Crippen LogP contribution in [0.5, 0.6) is 0 Å². The lowest BCUT2D eigenvalue weighted by Crippen LogP contribution is -2.54. The SMILES string of the molecule is Cc1cc(N2CC(C(=O)N3CCN(S(=O)(=O)N4CCCC4)CC3)CC2=O)ccc1Br. The predicted molar refractivity (Wildman–Crippen MR) is 117 cm³/mol. The molecule has 0 aliphatic carbocycles. The molecule has 2 amide bonds. The summed E-state index contributed by atoms with van der Waals surface area (Å²) in [6.45, 7) is 4.84. The van der Waals surface area contributed by atoms with Crippen molar-refractivity contribution in [3.05, 3.63) is 28.2 Å². The number of anilines is 1. The molecule has 8 nitrogen and oxygen atoms in total. The van der Waals surface area contributed by atoms with Crippen molar-refractivity contribution in [1.82, 2.24) is 13.5 Å². The summed E-state index contributed by atoms with van der Waals surface area (Å²) in [5, 5.41) is 0. The molecule has 0 aromatic heterocycles. The van der Waals surface area contributed by atoms with E-state index in [0.717, 1.165) is 28.6 Å². The zero-order valence-corrected chi connectivity index (χ0v) is 19.5. The number of halogens is 1. The predicted octanol–water partition coefficient (Wildman–Crippen LogP) is 1.60. The van der Waals surface area contributed by atoms with Crippen molar-refractivity contribution >= 4 is 43.6 Å². The second-order valence-electron chi connectivity index (χ2n) is 8.18. The standard InChI is InChI=1S/C20H27BrN4O4S/c1-15-12-17(4-5-18(15)21)25-14-16(13-19(25)26)20(27)22-8-10-24(11-9-22)30(28,29)23-6-2-3-7-23/h4-5,12,16H,2-3,6-11,13-14H2,1H3. The average molecular weight is 499 g/mol. The van der Waals surface area contributed by atoms with Crippen molar-refractivity contribution in [3.63, 3.8) is 0 Å². The number of carbonyl (C=O) groups is 2. The van der Waals surface area contributed by atoms with Gasteiger partial charge in [-0.05, 0) is 43.5 Å². The second-order valence-corrected chi connectivity index (χ2v) is 11.0. The lowest BCUT2D eigenvalue weighted by Gasteiger charge is -2.36. The Morgan fingerprint density at radius 3 is 2.30 bits per heavy atom. The van der Waals surface area contributed by atoms with Gasteiger partial charge < -0.3 is 9.80 Å². The molecule has 3 aliphatic rings. The van der Waals surface area contributed by atoms with Crippen LogP contribution in [-0.2, 0) is 19.8 Å². The summed E-state index contributed by atoms with van der Waals surface area (Å²) in [4.78, 5) is 29.0. The zero-order chi connectivity index (χ0) is 21.5. The number of hydrogen-bond donors (Lipinski definition) is 0. The van der Waals surface area contributed by atoms with E-state index in [9.17, 15) is 18.0 Å². The fourth-order valence-electron chi connectivity index (χ4n) is 4.40. The van der Waals surface area contributed by atoms with E-state index in [-0.39, 0.29) is 24.2 Å². The molecule has 164 valence electrons. The summed E-state index contributed by atoms with van der Waals surface area (Å²) < 4.78 is 29.4. The largest absolute Gasteiger partial charge is 0.340 e. The summed E-state index contributed by atoms with van der Waals surface area (Å²) in [6, 6.07) is 5.73. The lowest BCUT2D eigenvalue weighted by atomic mass is 10.1. The number of rotatable bonds is 4. The smallest absolute Gasteiger partial charge is 0.282 e. The van der Waals surface area contributed by atoms with Gasteiger partial charge in [-0.2, -0.15) is 17.0 Å². The van der Waals surface area contributed by atoms with Gasteiger partial charge in [0.05, 0.1) is 5.92 Å². The van der Waals surface area contributed by atoms with E-state index in [2.05, 4.69) is 15.9 Å². The average Bonchev–Trinajstić information content (AvgIpc) is 3.40. The highest BCUT2D eigenvalue weighted by atomic mass is 79.9. The van der Waals surface area contributed by atoms with Crippen molar-refractivity contribution in [1.29, 1.82) is 0 Å². The Labute approximate surface area is 186 Å². The van der Waals surface area contributed by atoms with Crippen LogP contribution in [0.15, 0.2) is 22.7 Å². The molecular weight excluding hydrogens is 472 g/mol. The highest BCUT2D eigenvalue weighted by Crippen LogP contribution is 2.29. The van der Waals surface area contributed by atoms with Crippen molar-refractivity contribution in [2.45, 2.75) is 26.2 Å². The van der Waals surface area contributed by atoms with Crippen LogP contribution in [0.2, 0.25) is 0 Å². The maximum absolute atomic E-state index is 13.0. The molecule has 30 heavy (non-hydrogen) atoms. The Hall–Kier alpha value is -1.49. The third-order valence-electron chi connectivity index (χ3n) is 6.20. The van der Waals surface area contributed by atoms with E-state index in [1.165, 1.54) is 8.61 Å². The fraction of sp³-hybridized carbons (Fsp3) is 0.600. The van der Waals surface area contributed by atoms with Crippen LogP contribution < -0.4 is 4.90 Å². The van der Waals surface area contributed by atoms with Crippen molar-refractivity contribution in [2.75, 3.05) is 50.7 Å². The second kappa shape index (κ2) is 8.57. The number of aryl methyl sites for hydroxylation is 1. The summed E-state index contributed by atoms with van der Waals surface area (Å²) >= 11 is 3.47. The molecule has 0 spiro atoms. The summed E-state index contributed by atoms with van der Waals surface area (Å²) in [7, 11) is -3.43. The number of carbonyl (C=O) groups excluding carboxylic acids is 2. The third kappa shape index (κ3) is 4.15. The minimum absolute atomic E-state index is 0.0506. The van der Waals surface area contributed by atoms with Crippen LogP contribution in [0.25, 0.3) is 0 Å². The van der Waals surface area contributed by atoms with Gasteiger partial charge in [-0.15, -0.1) is 0 Å². The molecule has 3 fully saturated rings. The van der Waals surface area contributed by atoms with Crippen LogP contribution in [0, 0.1) is 12.8 Å². The lowest BCUT2D eigenvalue weighted by molar-refractivity contribution is -0.137. The molecule has 0 saturated carbocycles. The summed E-state index contributed by atoms with van der Waals surface area (Å²) in [6.07, 6.45) is 2.00. The highest BCUT2D eigenvalue weighted by Gasteiger charge is 2.40. The molecule has 3 heterocycles. The van der Waals surface area contributed by atoms with E-state index in [1.807, 2.05) is 25.1 Å². The van der Waals surface area contributed by atoms with Crippen molar-refractivity contribution < 1.29 is 18.0 Å². The molecule has 1 aromatic carbocycles. The summed E-state index contributed by atoms with van der Waals surface area (Å²) in [5.74, 6) is -0.494. The molecule has 4 rings (SSSR count). The molecule has 0 N–H and O–H groups in total. The topological polar surface area (TPSA) is 81.2 Å². The number of piperazine rings is 1.